The minimum absolute atomic E-state index is 0.122. The van der Waals surface area contributed by atoms with Crippen LogP contribution in [0, 0.1) is 6.92 Å². The van der Waals surface area contributed by atoms with Gasteiger partial charge in [0, 0.05) is 24.4 Å². The second-order valence-corrected chi connectivity index (χ2v) is 7.86. The number of hydrogen-bond acceptors (Lipinski definition) is 6. The van der Waals surface area contributed by atoms with Crippen LogP contribution in [0.5, 0.6) is 11.5 Å². The molecule has 1 aliphatic rings. The van der Waals surface area contributed by atoms with Crippen molar-refractivity contribution in [3.63, 3.8) is 0 Å². The number of aryl methyl sites for hydroxylation is 1. The molecule has 28 heavy (non-hydrogen) atoms. The van der Waals surface area contributed by atoms with Gasteiger partial charge in [-0.3, -0.25) is 4.79 Å². The summed E-state index contributed by atoms with van der Waals surface area (Å²) in [5.41, 5.74) is 2.85. The molecule has 0 saturated carbocycles. The SMILES string of the molecule is Cc1ccc(-c2nnc(S[C@@H](C)C(=O)Nc3ccc4c(c3)OCO4)n2C)cc1. The van der Waals surface area contributed by atoms with E-state index in [2.05, 4.69) is 15.5 Å². The molecule has 7 nitrogen and oxygen atoms in total. The van der Waals surface area contributed by atoms with E-state index in [9.17, 15) is 4.79 Å². The lowest BCUT2D eigenvalue weighted by atomic mass is 10.1. The van der Waals surface area contributed by atoms with Gasteiger partial charge in [-0.05, 0) is 26.0 Å². The molecule has 0 bridgehead atoms. The van der Waals surface area contributed by atoms with Crippen molar-refractivity contribution in [3.05, 3.63) is 48.0 Å². The fourth-order valence-electron chi connectivity index (χ4n) is 2.80. The molecule has 2 heterocycles. The number of carbonyl (C=O) groups excluding carboxylic acids is 1. The maximum atomic E-state index is 12.6. The number of ether oxygens (including phenoxy) is 2. The Kier molecular flexibility index (Phi) is 4.95. The van der Waals surface area contributed by atoms with Gasteiger partial charge in [-0.25, -0.2) is 0 Å². The normalized spacial score (nSPS) is 13.4. The molecule has 1 aromatic heterocycles. The fraction of sp³-hybridized carbons (Fsp3) is 0.250. The molecule has 3 aromatic rings. The number of nitrogens with one attached hydrogen (secondary N) is 1. The summed E-state index contributed by atoms with van der Waals surface area (Å²) in [5, 5.41) is 11.8. The van der Waals surface area contributed by atoms with E-state index in [1.807, 2.05) is 49.7 Å². The van der Waals surface area contributed by atoms with E-state index in [4.69, 9.17) is 9.47 Å². The highest BCUT2D eigenvalue weighted by Crippen LogP contribution is 2.34. The number of hydrogen-bond donors (Lipinski definition) is 1. The van der Waals surface area contributed by atoms with Gasteiger partial charge in [0.15, 0.2) is 22.5 Å². The lowest BCUT2D eigenvalue weighted by Gasteiger charge is -2.12. The number of benzene rings is 2. The standard InChI is InChI=1S/C20H20N4O3S/c1-12-4-6-14(7-5-12)18-22-23-20(24(18)3)28-13(2)19(25)21-15-8-9-16-17(10-15)27-11-26-16/h4-10,13H,11H2,1-3H3,(H,21,25)/t13-/m0/s1. The Morgan fingerprint density at radius 2 is 1.89 bits per heavy atom. The van der Waals surface area contributed by atoms with Crippen molar-refractivity contribution in [3.8, 4) is 22.9 Å². The van der Waals surface area contributed by atoms with Crippen molar-refractivity contribution < 1.29 is 14.3 Å². The summed E-state index contributed by atoms with van der Waals surface area (Å²) in [7, 11) is 1.90. The van der Waals surface area contributed by atoms with Crippen LogP contribution in [0.3, 0.4) is 0 Å². The predicted molar refractivity (Wildman–Crippen MR) is 108 cm³/mol. The maximum absolute atomic E-state index is 12.6. The van der Waals surface area contributed by atoms with Crippen molar-refractivity contribution in [1.82, 2.24) is 14.8 Å². The molecule has 1 atom stereocenters. The highest BCUT2D eigenvalue weighted by molar-refractivity contribution is 8.00. The van der Waals surface area contributed by atoms with E-state index in [0.29, 0.717) is 22.3 Å². The quantitative estimate of drug-likeness (QED) is 0.664. The molecular formula is C20H20N4O3S. The van der Waals surface area contributed by atoms with Gasteiger partial charge in [-0.2, -0.15) is 0 Å². The van der Waals surface area contributed by atoms with Gasteiger partial charge in [0.05, 0.1) is 5.25 Å². The summed E-state index contributed by atoms with van der Waals surface area (Å²) in [6.07, 6.45) is 0. The highest BCUT2D eigenvalue weighted by atomic mass is 32.2. The first-order valence-electron chi connectivity index (χ1n) is 8.85. The first-order valence-corrected chi connectivity index (χ1v) is 9.73. The third kappa shape index (κ3) is 3.68. The summed E-state index contributed by atoms with van der Waals surface area (Å²) in [6, 6.07) is 13.5. The van der Waals surface area contributed by atoms with Gasteiger partial charge in [0.1, 0.15) is 0 Å². The summed E-state index contributed by atoms with van der Waals surface area (Å²) in [6.45, 7) is 4.09. The second-order valence-electron chi connectivity index (χ2n) is 6.55. The van der Waals surface area contributed by atoms with Crippen LogP contribution in [0.4, 0.5) is 5.69 Å². The largest absolute Gasteiger partial charge is 0.454 e. The monoisotopic (exact) mass is 396 g/mol. The Hall–Kier alpha value is -3.00. The van der Waals surface area contributed by atoms with E-state index < -0.39 is 0 Å². The predicted octanol–water partition coefficient (Wildman–Crippen LogP) is 3.64. The number of aromatic nitrogens is 3. The minimum Gasteiger partial charge on any atom is -0.454 e. The zero-order valence-electron chi connectivity index (χ0n) is 15.8. The number of thioether (sulfide) groups is 1. The molecule has 2 aromatic carbocycles. The molecule has 8 heteroatoms. The Morgan fingerprint density at radius 3 is 2.68 bits per heavy atom. The number of anilines is 1. The average molecular weight is 396 g/mol. The van der Waals surface area contributed by atoms with E-state index in [1.54, 1.807) is 18.2 Å². The van der Waals surface area contributed by atoms with E-state index in [1.165, 1.54) is 17.3 Å². The van der Waals surface area contributed by atoms with Crippen LogP contribution in [0.25, 0.3) is 11.4 Å². The molecule has 1 aliphatic heterocycles. The van der Waals surface area contributed by atoms with Crippen LogP contribution in [-0.4, -0.2) is 32.7 Å². The van der Waals surface area contributed by atoms with Crippen molar-refractivity contribution in [2.75, 3.05) is 12.1 Å². The highest BCUT2D eigenvalue weighted by Gasteiger charge is 2.21. The maximum Gasteiger partial charge on any atom is 0.237 e. The average Bonchev–Trinajstić information content (AvgIpc) is 3.29. The lowest BCUT2D eigenvalue weighted by molar-refractivity contribution is -0.115. The van der Waals surface area contributed by atoms with Crippen LogP contribution >= 0.6 is 11.8 Å². The first kappa shape index (κ1) is 18.4. The molecule has 0 radical (unpaired) electrons. The topological polar surface area (TPSA) is 78.3 Å². The van der Waals surface area contributed by atoms with Crippen LogP contribution in [0.2, 0.25) is 0 Å². The number of nitrogens with zero attached hydrogens (tertiary/aromatic N) is 3. The number of fused-ring (bicyclic) bond motifs is 1. The molecular weight excluding hydrogens is 376 g/mol. The Labute approximate surface area is 167 Å². The van der Waals surface area contributed by atoms with Gasteiger partial charge >= 0.3 is 0 Å². The number of rotatable bonds is 5. The van der Waals surface area contributed by atoms with E-state index in [0.717, 1.165) is 11.4 Å². The first-order chi connectivity index (χ1) is 13.5. The van der Waals surface area contributed by atoms with Gasteiger partial charge in [-0.15, -0.1) is 10.2 Å². The zero-order valence-corrected chi connectivity index (χ0v) is 16.6. The number of amides is 1. The van der Waals surface area contributed by atoms with Gasteiger partial charge < -0.3 is 19.4 Å². The van der Waals surface area contributed by atoms with E-state index >= 15 is 0 Å². The molecule has 0 unspecified atom stereocenters. The van der Waals surface area contributed by atoms with Crippen molar-refractivity contribution in [2.45, 2.75) is 24.3 Å². The number of carbonyl (C=O) groups is 1. The van der Waals surface area contributed by atoms with Crippen LogP contribution in [0.1, 0.15) is 12.5 Å². The smallest absolute Gasteiger partial charge is 0.237 e. The Morgan fingerprint density at radius 1 is 1.14 bits per heavy atom. The van der Waals surface area contributed by atoms with Crippen molar-refractivity contribution in [1.29, 1.82) is 0 Å². The molecule has 4 rings (SSSR count). The van der Waals surface area contributed by atoms with E-state index in [-0.39, 0.29) is 18.0 Å². The van der Waals surface area contributed by atoms with Gasteiger partial charge in [0.2, 0.25) is 12.7 Å². The molecule has 0 spiro atoms. The van der Waals surface area contributed by atoms with Gasteiger partial charge in [0.25, 0.3) is 0 Å². The molecule has 144 valence electrons. The Bertz CT molecular complexity index is 1020. The molecule has 0 fully saturated rings. The summed E-state index contributed by atoms with van der Waals surface area (Å²) >= 11 is 1.36. The van der Waals surface area contributed by atoms with Crippen molar-refractivity contribution in [2.24, 2.45) is 7.05 Å². The minimum atomic E-state index is -0.348. The van der Waals surface area contributed by atoms with Gasteiger partial charge in [-0.1, -0.05) is 41.6 Å². The van der Waals surface area contributed by atoms with Crippen LogP contribution in [-0.2, 0) is 11.8 Å². The molecule has 1 N–H and O–H groups in total. The van der Waals surface area contributed by atoms with Crippen molar-refractivity contribution >= 4 is 23.4 Å². The lowest BCUT2D eigenvalue weighted by Crippen LogP contribution is -2.22. The summed E-state index contributed by atoms with van der Waals surface area (Å²) < 4.78 is 12.5. The summed E-state index contributed by atoms with van der Waals surface area (Å²) in [4.78, 5) is 12.6. The third-order valence-corrected chi connectivity index (χ3v) is 5.57. The molecule has 0 aliphatic carbocycles. The summed E-state index contributed by atoms with van der Waals surface area (Å²) in [5.74, 6) is 1.96. The molecule has 0 saturated heterocycles. The van der Waals surface area contributed by atoms with Crippen LogP contribution in [0.15, 0.2) is 47.6 Å². The zero-order chi connectivity index (χ0) is 19.7. The third-order valence-electron chi connectivity index (χ3n) is 4.44. The van der Waals surface area contributed by atoms with Crippen LogP contribution < -0.4 is 14.8 Å². The fourth-order valence-corrected chi connectivity index (χ4v) is 3.62. The Balaban J connectivity index is 1.44. The molecule has 1 amide bonds. The second kappa shape index (κ2) is 7.55.